The zero-order valence-corrected chi connectivity index (χ0v) is 12.3. The SMILES string of the molecule is CC(=O)O[C@H]1Cc2ccccc2/C=C\[C@@]2(O)CC[C@]1(C)O2. The molecule has 1 aromatic rings. The van der Waals surface area contributed by atoms with E-state index in [2.05, 4.69) is 0 Å². The van der Waals surface area contributed by atoms with Crippen molar-refractivity contribution >= 4 is 12.0 Å². The number of fused-ring (bicyclic) bond motifs is 3. The Bertz CT molecular complexity index is 594. The number of aliphatic hydroxyl groups is 1. The zero-order chi connectivity index (χ0) is 15.1. The van der Waals surface area contributed by atoms with Crippen LogP contribution in [0.3, 0.4) is 0 Å². The molecule has 1 aromatic carbocycles. The lowest BCUT2D eigenvalue weighted by atomic mass is 9.88. The monoisotopic (exact) mass is 288 g/mol. The van der Waals surface area contributed by atoms with Gasteiger partial charge in [0.1, 0.15) is 11.7 Å². The van der Waals surface area contributed by atoms with E-state index in [1.54, 1.807) is 6.08 Å². The molecule has 112 valence electrons. The van der Waals surface area contributed by atoms with Crippen LogP contribution in [0.5, 0.6) is 0 Å². The van der Waals surface area contributed by atoms with E-state index in [1.807, 2.05) is 37.3 Å². The minimum atomic E-state index is -1.29. The first-order valence-electron chi connectivity index (χ1n) is 7.27. The highest BCUT2D eigenvalue weighted by molar-refractivity contribution is 5.66. The fraction of sp³-hybridized carbons (Fsp3) is 0.471. The third-order valence-corrected chi connectivity index (χ3v) is 4.36. The number of esters is 1. The molecule has 2 aliphatic rings. The predicted octanol–water partition coefficient (Wildman–Crippen LogP) is 2.45. The van der Waals surface area contributed by atoms with Gasteiger partial charge in [0.2, 0.25) is 0 Å². The van der Waals surface area contributed by atoms with E-state index in [-0.39, 0.29) is 5.97 Å². The summed E-state index contributed by atoms with van der Waals surface area (Å²) in [5.41, 5.74) is 1.42. The standard InChI is InChI=1S/C17H20O4/c1-12(18)20-15-11-14-6-4-3-5-13(14)7-8-17(19)10-9-16(15,2)21-17/h3-8,15,19H,9-11H2,1-2H3/b8-7-/t15-,16-,17-/m0/s1. The first-order valence-corrected chi connectivity index (χ1v) is 7.27. The molecule has 2 heterocycles. The number of ether oxygens (including phenoxy) is 2. The third-order valence-electron chi connectivity index (χ3n) is 4.36. The molecule has 3 rings (SSSR count). The lowest BCUT2D eigenvalue weighted by Gasteiger charge is -2.34. The van der Waals surface area contributed by atoms with Crippen molar-refractivity contribution in [3.8, 4) is 0 Å². The quantitative estimate of drug-likeness (QED) is 0.806. The lowest BCUT2D eigenvalue weighted by Crippen LogP contribution is -2.45. The molecule has 2 aliphatic heterocycles. The van der Waals surface area contributed by atoms with E-state index in [0.29, 0.717) is 19.3 Å². The predicted molar refractivity (Wildman–Crippen MR) is 78.4 cm³/mol. The van der Waals surface area contributed by atoms with Gasteiger partial charge in [-0.3, -0.25) is 4.79 Å². The van der Waals surface area contributed by atoms with E-state index in [0.717, 1.165) is 11.1 Å². The molecule has 0 unspecified atom stereocenters. The summed E-state index contributed by atoms with van der Waals surface area (Å²) in [4.78, 5) is 11.4. The summed E-state index contributed by atoms with van der Waals surface area (Å²) in [6, 6.07) is 7.92. The number of carbonyl (C=O) groups is 1. The first-order chi connectivity index (χ1) is 9.90. The Morgan fingerprint density at radius 2 is 2.14 bits per heavy atom. The summed E-state index contributed by atoms with van der Waals surface area (Å²) in [5.74, 6) is -1.62. The summed E-state index contributed by atoms with van der Waals surface area (Å²) >= 11 is 0. The number of benzene rings is 1. The number of hydrogen-bond donors (Lipinski definition) is 1. The molecule has 1 fully saturated rings. The van der Waals surface area contributed by atoms with E-state index in [1.165, 1.54) is 6.92 Å². The zero-order valence-electron chi connectivity index (χ0n) is 12.3. The van der Waals surface area contributed by atoms with Crippen LogP contribution >= 0.6 is 0 Å². The average Bonchev–Trinajstić information content (AvgIpc) is 2.75. The highest BCUT2D eigenvalue weighted by Crippen LogP contribution is 2.42. The van der Waals surface area contributed by atoms with Crippen molar-refractivity contribution in [1.82, 2.24) is 0 Å². The van der Waals surface area contributed by atoms with Crippen LogP contribution in [0.25, 0.3) is 6.08 Å². The molecule has 0 saturated carbocycles. The Morgan fingerprint density at radius 1 is 1.38 bits per heavy atom. The van der Waals surface area contributed by atoms with Crippen molar-refractivity contribution in [3.05, 3.63) is 41.5 Å². The van der Waals surface area contributed by atoms with Gasteiger partial charge in [-0.15, -0.1) is 0 Å². The Kier molecular flexibility index (Phi) is 3.38. The molecule has 4 heteroatoms. The van der Waals surface area contributed by atoms with Gasteiger partial charge in [0.25, 0.3) is 0 Å². The third kappa shape index (κ3) is 2.74. The maximum Gasteiger partial charge on any atom is 0.303 e. The van der Waals surface area contributed by atoms with Crippen LogP contribution in [0.15, 0.2) is 30.3 Å². The van der Waals surface area contributed by atoms with Gasteiger partial charge in [-0.2, -0.15) is 0 Å². The molecule has 3 atom stereocenters. The van der Waals surface area contributed by atoms with Crippen LogP contribution in [0, 0.1) is 0 Å². The topological polar surface area (TPSA) is 55.8 Å². The maximum absolute atomic E-state index is 11.4. The molecule has 0 spiro atoms. The first kappa shape index (κ1) is 14.3. The molecule has 0 aromatic heterocycles. The second-order valence-electron chi connectivity index (χ2n) is 6.09. The van der Waals surface area contributed by atoms with Crippen molar-refractivity contribution in [1.29, 1.82) is 0 Å². The van der Waals surface area contributed by atoms with Crippen LogP contribution in [-0.2, 0) is 20.7 Å². The van der Waals surface area contributed by atoms with Crippen molar-refractivity contribution in [2.45, 2.75) is 50.6 Å². The maximum atomic E-state index is 11.4. The molecular formula is C17H20O4. The van der Waals surface area contributed by atoms with Crippen molar-refractivity contribution in [3.63, 3.8) is 0 Å². The molecule has 2 bridgehead atoms. The van der Waals surface area contributed by atoms with Crippen molar-refractivity contribution in [2.24, 2.45) is 0 Å². The Balaban J connectivity index is 2.05. The largest absolute Gasteiger partial charge is 0.459 e. The molecule has 0 aliphatic carbocycles. The van der Waals surface area contributed by atoms with Gasteiger partial charge in [-0.25, -0.2) is 0 Å². The molecule has 0 radical (unpaired) electrons. The molecule has 4 nitrogen and oxygen atoms in total. The number of rotatable bonds is 1. The lowest BCUT2D eigenvalue weighted by molar-refractivity contribution is -0.220. The second kappa shape index (κ2) is 4.97. The van der Waals surface area contributed by atoms with E-state index < -0.39 is 17.5 Å². The van der Waals surface area contributed by atoms with E-state index in [9.17, 15) is 9.90 Å². The highest BCUT2D eigenvalue weighted by Gasteiger charge is 2.50. The Hall–Kier alpha value is -1.65. The molecule has 1 saturated heterocycles. The van der Waals surface area contributed by atoms with Crippen LogP contribution < -0.4 is 0 Å². The Labute approximate surface area is 124 Å². The fourth-order valence-corrected chi connectivity index (χ4v) is 3.16. The molecule has 0 amide bonds. The van der Waals surface area contributed by atoms with Crippen LogP contribution in [0.2, 0.25) is 0 Å². The minimum absolute atomic E-state index is 0.329. The highest BCUT2D eigenvalue weighted by atomic mass is 16.7. The molecule has 21 heavy (non-hydrogen) atoms. The summed E-state index contributed by atoms with van der Waals surface area (Å²) in [6.07, 6.45) is 4.90. The molecule has 1 N–H and O–H groups in total. The number of carbonyl (C=O) groups excluding carboxylic acids is 1. The normalized spacial score (nSPS) is 36.0. The van der Waals surface area contributed by atoms with Gasteiger partial charge in [0, 0.05) is 19.8 Å². The number of hydrogen-bond acceptors (Lipinski definition) is 4. The van der Waals surface area contributed by atoms with Crippen molar-refractivity contribution < 1.29 is 19.4 Å². The summed E-state index contributed by atoms with van der Waals surface area (Å²) < 4.78 is 11.4. The molecular weight excluding hydrogens is 268 g/mol. The van der Waals surface area contributed by atoms with Crippen molar-refractivity contribution in [2.75, 3.05) is 0 Å². The van der Waals surface area contributed by atoms with Gasteiger partial charge >= 0.3 is 5.97 Å². The second-order valence-corrected chi connectivity index (χ2v) is 6.09. The van der Waals surface area contributed by atoms with Gasteiger partial charge in [0.05, 0.1) is 0 Å². The van der Waals surface area contributed by atoms with Crippen LogP contribution in [0.4, 0.5) is 0 Å². The minimum Gasteiger partial charge on any atom is -0.459 e. The Morgan fingerprint density at radius 3 is 2.90 bits per heavy atom. The van der Waals surface area contributed by atoms with Gasteiger partial charge in [-0.05, 0) is 30.5 Å². The van der Waals surface area contributed by atoms with E-state index in [4.69, 9.17) is 9.47 Å². The summed E-state index contributed by atoms with van der Waals surface area (Å²) in [5, 5.41) is 10.5. The van der Waals surface area contributed by atoms with Crippen LogP contribution in [0.1, 0.15) is 37.8 Å². The summed E-state index contributed by atoms with van der Waals surface area (Å²) in [6.45, 7) is 3.31. The smallest absolute Gasteiger partial charge is 0.303 e. The van der Waals surface area contributed by atoms with E-state index >= 15 is 0 Å². The van der Waals surface area contributed by atoms with Gasteiger partial charge in [-0.1, -0.05) is 30.3 Å². The average molecular weight is 288 g/mol. The fourth-order valence-electron chi connectivity index (χ4n) is 3.16. The van der Waals surface area contributed by atoms with Gasteiger partial charge in [0.15, 0.2) is 5.79 Å². The van der Waals surface area contributed by atoms with Gasteiger partial charge < -0.3 is 14.6 Å². The van der Waals surface area contributed by atoms with Crippen LogP contribution in [-0.4, -0.2) is 28.6 Å². The summed E-state index contributed by atoms with van der Waals surface area (Å²) in [7, 11) is 0.